The highest BCUT2D eigenvalue weighted by atomic mass is 35.5. The van der Waals surface area contributed by atoms with E-state index in [1.807, 2.05) is 35.7 Å². The lowest BCUT2D eigenvalue weighted by molar-refractivity contribution is 0.103. The molecule has 0 unspecified atom stereocenters. The van der Waals surface area contributed by atoms with E-state index in [4.69, 9.17) is 44.9 Å². The minimum Gasteiger partial charge on any atom is -0.356 e. The predicted octanol–water partition coefficient (Wildman–Crippen LogP) is 6.90. The minimum atomic E-state index is 0.144. The lowest BCUT2D eigenvalue weighted by atomic mass is 9.96. The Morgan fingerprint density at radius 1 is 0.780 bits per heavy atom. The summed E-state index contributed by atoms with van der Waals surface area (Å²) in [6.07, 6.45) is 2.05. The Morgan fingerprint density at radius 2 is 1.37 bits per heavy atom. The van der Waals surface area contributed by atoms with Gasteiger partial charge in [0.25, 0.3) is 0 Å². The van der Waals surface area contributed by atoms with Gasteiger partial charge in [0.1, 0.15) is 11.6 Å². The van der Waals surface area contributed by atoms with Crippen molar-refractivity contribution in [1.29, 1.82) is 0 Å². The molecule has 1 aromatic heterocycles. The SMILES string of the molecule is CN(Cl)C1CCN(c2nc(CN3CCN(C(c4ccc(Cl)cc4)c4ccc(Cl)cc4)CC3)nc3ccccc23)CC1. The average Bonchev–Trinajstić information content (AvgIpc) is 3.00. The van der Waals surface area contributed by atoms with Crippen LogP contribution >= 0.6 is 35.0 Å². The Morgan fingerprint density at radius 3 is 1.95 bits per heavy atom. The Labute approximate surface area is 257 Å². The number of fused-ring (bicyclic) bond motifs is 1. The quantitative estimate of drug-likeness (QED) is 0.212. The minimum absolute atomic E-state index is 0.144. The molecule has 2 fully saturated rings. The van der Waals surface area contributed by atoms with Gasteiger partial charge in [0.05, 0.1) is 18.1 Å². The van der Waals surface area contributed by atoms with Gasteiger partial charge >= 0.3 is 0 Å². The van der Waals surface area contributed by atoms with Crippen LogP contribution in [0.15, 0.2) is 72.8 Å². The molecule has 6 nitrogen and oxygen atoms in total. The largest absolute Gasteiger partial charge is 0.356 e. The third-order valence-electron chi connectivity index (χ3n) is 8.41. The third kappa shape index (κ3) is 6.64. The van der Waals surface area contributed by atoms with E-state index < -0.39 is 0 Å². The van der Waals surface area contributed by atoms with Crippen LogP contribution in [-0.4, -0.2) is 76.5 Å². The number of benzene rings is 3. The normalized spacial score (nSPS) is 17.7. The van der Waals surface area contributed by atoms with Crippen molar-refractivity contribution in [2.24, 2.45) is 0 Å². The maximum absolute atomic E-state index is 6.26. The van der Waals surface area contributed by atoms with Crippen LogP contribution in [0.5, 0.6) is 0 Å². The van der Waals surface area contributed by atoms with Crippen LogP contribution in [0.25, 0.3) is 10.9 Å². The van der Waals surface area contributed by atoms with Gasteiger partial charge < -0.3 is 4.90 Å². The van der Waals surface area contributed by atoms with Gasteiger partial charge in [-0.25, -0.2) is 14.4 Å². The number of piperazine rings is 1. The van der Waals surface area contributed by atoms with E-state index >= 15 is 0 Å². The first-order valence-corrected chi connectivity index (χ1v) is 15.4. The molecule has 6 rings (SSSR count). The maximum Gasteiger partial charge on any atom is 0.145 e. The fourth-order valence-corrected chi connectivity index (χ4v) is 6.58. The fraction of sp³-hybridized carbons (Fsp3) is 0.375. The van der Waals surface area contributed by atoms with E-state index in [0.717, 1.165) is 91.2 Å². The van der Waals surface area contributed by atoms with Crippen LogP contribution in [0.4, 0.5) is 5.82 Å². The number of hydrogen-bond donors (Lipinski definition) is 0. The molecule has 2 aliphatic heterocycles. The molecule has 214 valence electrons. The molecule has 0 radical (unpaired) electrons. The van der Waals surface area contributed by atoms with Crippen molar-refractivity contribution in [3.8, 4) is 0 Å². The summed E-state index contributed by atoms with van der Waals surface area (Å²) in [6.45, 7) is 6.38. The van der Waals surface area contributed by atoms with Crippen molar-refractivity contribution < 1.29 is 0 Å². The van der Waals surface area contributed by atoms with Gasteiger partial charge in [-0.15, -0.1) is 0 Å². The third-order valence-corrected chi connectivity index (χ3v) is 9.19. The average molecular weight is 610 g/mol. The molecule has 0 saturated carbocycles. The fourth-order valence-electron chi connectivity index (χ4n) is 6.14. The number of hydrogen-bond acceptors (Lipinski definition) is 6. The molecule has 0 spiro atoms. The lowest BCUT2D eigenvalue weighted by Crippen LogP contribution is -2.47. The Bertz CT molecular complexity index is 1400. The first-order valence-electron chi connectivity index (χ1n) is 14.3. The van der Waals surface area contributed by atoms with Gasteiger partial charge in [-0.1, -0.05) is 59.6 Å². The van der Waals surface area contributed by atoms with Crippen molar-refractivity contribution in [2.45, 2.75) is 31.5 Å². The standard InChI is InChI=1S/C32H35Cl3N6/c1-38(35)27-14-16-41(17-15-27)32-28-4-2-3-5-29(28)36-30(37-32)22-39-18-20-40(21-19-39)31(23-6-10-25(33)11-7-23)24-8-12-26(34)13-9-24/h2-13,27,31H,14-22H2,1H3. The molecule has 0 atom stereocenters. The van der Waals surface area contributed by atoms with E-state index in [1.165, 1.54) is 11.1 Å². The second-order valence-corrected chi connectivity index (χ2v) is 12.4. The first-order chi connectivity index (χ1) is 19.9. The van der Waals surface area contributed by atoms with Gasteiger partial charge in [-0.2, -0.15) is 0 Å². The number of halogens is 3. The van der Waals surface area contributed by atoms with Crippen LogP contribution < -0.4 is 4.90 Å². The zero-order chi connectivity index (χ0) is 28.3. The molecular weight excluding hydrogens is 575 g/mol. The summed E-state index contributed by atoms with van der Waals surface area (Å²) in [5.74, 6) is 1.93. The first kappa shape index (κ1) is 28.7. The summed E-state index contributed by atoms with van der Waals surface area (Å²) < 4.78 is 1.82. The number of rotatable bonds is 7. The topological polar surface area (TPSA) is 38.7 Å². The van der Waals surface area contributed by atoms with Crippen molar-refractivity contribution in [1.82, 2.24) is 24.2 Å². The lowest BCUT2D eigenvalue weighted by Gasteiger charge is -2.39. The molecule has 41 heavy (non-hydrogen) atoms. The number of piperidine rings is 1. The summed E-state index contributed by atoms with van der Waals surface area (Å²) in [6, 6.07) is 25.3. The molecule has 2 aliphatic rings. The van der Waals surface area contributed by atoms with Gasteiger partial charge in [-0.05, 0) is 72.1 Å². The maximum atomic E-state index is 6.26. The second kappa shape index (κ2) is 12.8. The van der Waals surface area contributed by atoms with Crippen LogP contribution in [0.1, 0.15) is 35.8 Å². The summed E-state index contributed by atoms with van der Waals surface area (Å²) in [5.41, 5.74) is 3.47. The number of para-hydroxylation sites is 1. The summed E-state index contributed by atoms with van der Waals surface area (Å²) in [7, 11) is 1.95. The van der Waals surface area contributed by atoms with Gasteiger partial charge in [0, 0.05) is 67.8 Å². The Balaban J connectivity index is 1.18. The van der Waals surface area contributed by atoms with E-state index in [2.05, 4.69) is 63.2 Å². The van der Waals surface area contributed by atoms with Crippen molar-refractivity contribution in [3.05, 3.63) is 99.8 Å². The molecule has 0 aliphatic carbocycles. The summed E-state index contributed by atoms with van der Waals surface area (Å²) in [5, 5.41) is 2.62. The highest BCUT2D eigenvalue weighted by molar-refractivity contribution is 6.30. The zero-order valence-electron chi connectivity index (χ0n) is 23.3. The van der Waals surface area contributed by atoms with Crippen LogP contribution in [0.3, 0.4) is 0 Å². The predicted molar refractivity (Wildman–Crippen MR) is 170 cm³/mol. The molecule has 0 amide bonds. The van der Waals surface area contributed by atoms with Crippen molar-refractivity contribution in [2.75, 3.05) is 51.2 Å². The molecule has 2 saturated heterocycles. The van der Waals surface area contributed by atoms with Gasteiger partial charge in [0.2, 0.25) is 0 Å². The molecule has 4 aromatic rings. The monoisotopic (exact) mass is 608 g/mol. The molecule has 3 aromatic carbocycles. The summed E-state index contributed by atoms with van der Waals surface area (Å²) in [4.78, 5) is 17.6. The molecule has 0 N–H and O–H groups in total. The van der Waals surface area contributed by atoms with Crippen LogP contribution in [-0.2, 0) is 6.54 Å². The number of aromatic nitrogens is 2. The number of anilines is 1. The summed E-state index contributed by atoms with van der Waals surface area (Å²) >= 11 is 18.7. The van der Waals surface area contributed by atoms with E-state index in [1.54, 1.807) is 0 Å². The molecule has 9 heteroatoms. The van der Waals surface area contributed by atoms with Gasteiger partial charge in [0.15, 0.2) is 0 Å². The molecule has 3 heterocycles. The van der Waals surface area contributed by atoms with E-state index in [0.29, 0.717) is 6.04 Å². The van der Waals surface area contributed by atoms with Crippen LogP contribution in [0.2, 0.25) is 10.0 Å². The highest BCUT2D eigenvalue weighted by Gasteiger charge is 2.28. The van der Waals surface area contributed by atoms with Crippen molar-refractivity contribution >= 4 is 51.7 Å². The second-order valence-electron chi connectivity index (χ2n) is 11.0. The smallest absolute Gasteiger partial charge is 0.145 e. The van der Waals surface area contributed by atoms with E-state index in [-0.39, 0.29) is 6.04 Å². The van der Waals surface area contributed by atoms with Gasteiger partial charge in [-0.3, -0.25) is 9.80 Å². The number of nitrogens with zero attached hydrogens (tertiary/aromatic N) is 6. The van der Waals surface area contributed by atoms with Crippen LogP contribution in [0, 0.1) is 0 Å². The highest BCUT2D eigenvalue weighted by Crippen LogP contribution is 2.32. The molecular formula is C32H35Cl3N6. The van der Waals surface area contributed by atoms with Crippen molar-refractivity contribution in [3.63, 3.8) is 0 Å². The Hall–Kier alpha value is -2.45. The van der Waals surface area contributed by atoms with E-state index in [9.17, 15) is 0 Å². The zero-order valence-corrected chi connectivity index (χ0v) is 25.5. The Kier molecular flexibility index (Phi) is 8.96. The molecule has 0 bridgehead atoms.